The molecule has 1 heterocycles. The molecule has 1 aromatic heterocycles. The molecule has 0 spiro atoms. The zero-order valence-electron chi connectivity index (χ0n) is 10.2. The number of carbonyl (C=O) groups excluding carboxylic acids is 1. The van der Waals surface area contributed by atoms with E-state index in [0.717, 1.165) is 0 Å². The first-order valence-corrected chi connectivity index (χ1v) is 7.21. The Morgan fingerprint density at radius 2 is 2.06 bits per heavy atom. The van der Waals surface area contributed by atoms with E-state index in [1.165, 1.54) is 19.4 Å². The van der Waals surface area contributed by atoms with E-state index in [-0.39, 0.29) is 11.5 Å². The average molecular weight is 256 g/mol. The van der Waals surface area contributed by atoms with Gasteiger partial charge in [0.05, 0.1) is 5.75 Å². The monoisotopic (exact) mass is 256 g/mol. The first kappa shape index (κ1) is 13.6. The SMILES string of the molecule is CC(=O)c1ccc(N(C)CCS(C)(=O)=O)nc1. The minimum Gasteiger partial charge on any atom is -0.359 e. The number of carbonyl (C=O) groups is 1. The van der Waals surface area contributed by atoms with Gasteiger partial charge in [0.1, 0.15) is 15.7 Å². The van der Waals surface area contributed by atoms with Crippen molar-refractivity contribution in [2.75, 3.05) is 30.5 Å². The van der Waals surface area contributed by atoms with Gasteiger partial charge in [0.2, 0.25) is 0 Å². The minimum atomic E-state index is -2.97. The van der Waals surface area contributed by atoms with Crippen LogP contribution in [0.4, 0.5) is 5.82 Å². The summed E-state index contributed by atoms with van der Waals surface area (Å²) < 4.78 is 22.0. The number of ketones is 1. The van der Waals surface area contributed by atoms with E-state index in [1.807, 2.05) is 0 Å². The molecule has 0 aliphatic rings. The summed E-state index contributed by atoms with van der Waals surface area (Å²) in [4.78, 5) is 16.9. The second-order valence-electron chi connectivity index (χ2n) is 4.01. The van der Waals surface area contributed by atoms with Gasteiger partial charge in [-0.3, -0.25) is 4.79 Å². The highest BCUT2D eigenvalue weighted by Crippen LogP contribution is 2.09. The first-order chi connectivity index (χ1) is 7.79. The van der Waals surface area contributed by atoms with Crippen LogP contribution in [-0.2, 0) is 9.84 Å². The lowest BCUT2D eigenvalue weighted by Gasteiger charge is -2.17. The van der Waals surface area contributed by atoms with E-state index in [1.54, 1.807) is 24.1 Å². The molecular formula is C11H16N2O3S. The number of anilines is 1. The molecule has 0 fully saturated rings. The summed E-state index contributed by atoms with van der Waals surface area (Å²) in [7, 11) is -1.21. The first-order valence-electron chi connectivity index (χ1n) is 5.15. The standard InChI is InChI=1S/C11H16N2O3S/c1-9(14)10-4-5-11(12-8-10)13(2)6-7-17(3,15)16/h4-5,8H,6-7H2,1-3H3. The molecule has 17 heavy (non-hydrogen) atoms. The molecule has 0 atom stereocenters. The van der Waals surface area contributed by atoms with Crippen LogP contribution in [0.5, 0.6) is 0 Å². The minimum absolute atomic E-state index is 0.0390. The van der Waals surface area contributed by atoms with Crippen LogP contribution < -0.4 is 4.90 Å². The molecule has 0 radical (unpaired) electrons. The molecule has 0 saturated heterocycles. The van der Waals surface area contributed by atoms with Crippen LogP contribution in [0.2, 0.25) is 0 Å². The Hall–Kier alpha value is -1.43. The van der Waals surface area contributed by atoms with Gasteiger partial charge in [0.25, 0.3) is 0 Å². The number of rotatable bonds is 5. The molecule has 0 amide bonds. The lowest BCUT2D eigenvalue weighted by Crippen LogP contribution is -2.25. The summed E-state index contributed by atoms with van der Waals surface area (Å²) in [6.07, 6.45) is 2.70. The quantitative estimate of drug-likeness (QED) is 0.728. The van der Waals surface area contributed by atoms with Crippen LogP contribution in [0, 0.1) is 0 Å². The van der Waals surface area contributed by atoms with Gasteiger partial charge >= 0.3 is 0 Å². The number of aromatic nitrogens is 1. The second-order valence-corrected chi connectivity index (χ2v) is 6.27. The van der Waals surface area contributed by atoms with Crippen LogP contribution in [-0.4, -0.2) is 44.8 Å². The molecular weight excluding hydrogens is 240 g/mol. The Bertz CT molecular complexity index is 494. The topological polar surface area (TPSA) is 67.3 Å². The molecule has 0 N–H and O–H groups in total. The zero-order valence-corrected chi connectivity index (χ0v) is 11.0. The fourth-order valence-electron chi connectivity index (χ4n) is 1.24. The fraction of sp³-hybridized carbons (Fsp3) is 0.455. The van der Waals surface area contributed by atoms with Crippen LogP contribution in [0.1, 0.15) is 17.3 Å². The van der Waals surface area contributed by atoms with Gasteiger partial charge in [-0.15, -0.1) is 0 Å². The van der Waals surface area contributed by atoms with Gasteiger partial charge in [0.15, 0.2) is 5.78 Å². The van der Waals surface area contributed by atoms with E-state index >= 15 is 0 Å². The van der Waals surface area contributed by atoms with Crippen molar-refractivity contribution in [3.63, 3.8) is 0 Å². The van der Waals surface area contributed by atoms with Gasteiger partial charge in [-0.2, -0.15) is 0 Å². The molecule has 0 aromatic carbocycles. The molecule has 0 aliphatic carbocycles. The second kappa shape index (κ2) is 5.27. The lowest BCUT2D eigenvalue weighted by molar-refractivity contribution is 0.101. The molecule has 94 valence electrons. The average Bonchev–Trinajstić information content (AvgIpc) is 2.25. The molecule has 1 aromatic rings. The Balaban J connectivity index is 2.70. The summed E-state index contributed by atoms with van der Waals surface area (Å²) in [6.45, 7) is 1.86. The molecule has 5 nitrogen and oxygen atoms in total. The van der Waals surface area contributed by atoms with Gasteiger partial charge in [-0.25, -0.2) is 13.4 Å². The van der Waals surface area contributed by atoms with Gasteiger partial charge in [-0.1, -0.05) is 0 Å². The molecule has 0 saturated carbocycles. The van der Waals surface area contributed by atoms with Crippen molar-refractivity contribution in [2.24, 2.45) is 0 Å². The van der Waals surface area contributed by atoms with E-state index in [2.05, 4.69) is 4.98 Å². The van der Waals surface area contributed by atoms with E-state index < -0.39 is 9.84 Å². The third kappa shape index (κ3) is 4.52. The Kier molecular flexibility index (Phi) is 4.22. The fourth-order valence-corrected chi connectivity index (χ4v) is 1.84. The molecule has 6 heteroatoms. The van der Waals surface area contributed by atoms with E-state index in [9.17, 15) is 13.2 Å². The molecule has 1 rings (SSSR count). The van der Waals surface area contributed by atoms with Crippen molar-refractivity contribution in [1.82, 2.24) is 4.98 Å². The molecule has 0 unspecified atom stereocenters. The van der Waals surface area contributed by atoms with Crippen molar-refractivity contribution in [1.29, 1.82) is 0 Å². The molecule has 0 aliphatic heterocycles. The predicted octanol–water partition coefficient (Wildman–Crippen LogP) is 0.765. The van der Waals surface area contributed by atoms with Crippen molar-refractivity contribution in [3.05, 3.63) is 23.9 Å². The third-order valence-corrected chi connectivity index (χ3v) is 3.27. The number of sulfone groups is 1. The van der Waals surface area contributed by atoms with E-state index in [0.29, 0.717) is 17.9 Å². The highest BCUT2D eigenvalue weighted by Gasteiger charge is 2.08. The van der Waals surface area contributed by atoms with Gasteiger partial charge in [-0.05, 0) is 19.1 Å². The number of Topliss-reactive ketones (excluding diaryl/α,β-unsaturated/α-hetero) is 1. The van der Waals surface area contributed by atoms with Crippen molar-refractivity contribution in [3.8, 4) is 0 Å². The maximum Gasteiger partial charge on any atom is 0.161 e. The van der Waals surface area contributed by atoms with Crippen LogP contribution in [0.3, 0.4) is 0 Å². The summed E-state index contributed by atoms with van der Waals surface area (Å²) >= 11 is 0. The highest BCUT2D eigenvalue weighted by molar-refractivity contribution is 7.90. The number of pyridine rings is 1. The Morgan fingerprint density at radius 3 is 2.47 bits per heavy atom. The maximum absolute atomic E-state index is 11.1. The predicted molar refractivity (Wildman–Crippen MR) is 67.2 cm³/mol. The van der Waals surface area contributed by atoms with E-state index in [4.69, 9.17) is 0 Å². The number of hydrogen-bond donors (Lipinski definition) is 0. The largest absolute Gasteiger partial charge is 0.359 e. The van der Waals surface area contributed by atoms with Crippen LogP contribution in [0.15, 0.2) is 18.3 Å². The lowest BCUT2D eigenvalue weighted by atomic mass is 10.2. The smallest absolute Gasteiger partial charge is 0.161 e. The summed E-state index contributed by atoms with van der Waals surface area (Å²) in [5.74, 6) is 0.695. The van der Waals surface area contributed by atoms with Gasteiger partial charge < -0.3 is 4.90 Å². The maximum atomic E-state index is 11.1. The Labute approximate surface area is 101 Å². The highest BCUT2D eigenvalue weighted by atomic mass is 32.2. The Morgan fingerprint density at radius 1 is 1.41 bits per heavy atom. The number of hydrogen-bond acceptors (Lipinski definition) is 5. The normalized spacial score (nSPS) is 11.2. The number of nitrogens with zero attached hydrogens (tertiary/aromatic N) is 2. The third-order valence-electron chi connectivity index (χ3n) is 2.34. The zero-order chi connectivity index (χ0) is 13.1. The van der Waals surface area contributed by atoms with Crippen LogP contribution in [0.25, 0.3) is 0 Å². The van der Waals surface area contributed by atoms with Crippen molar-refractivity contribution in [2.45, 2.75) is 6.92 Å². The summed E-state index contributed by atoms with van der Waals surface area (Å²) in [6, 6.07) is 3.39. The summed E-state index contributed by atoms with van der Waals surface area (Å²) in [5.41, 5.74) is 0.547. The molecule has 0 bridgehead atoms. The van der Waals surface area contributed by atoms with Crippen molar-refractivity contribution >= 4 is 21.4 Å². The van der Waals surface area contributed by atoms with Crippen molar-refractivity contribution < 1.29 is 13.2 Å². The van der Waals surface area contributed by atoms with Gasteiger partial charge in [0, 0.05) is 31.6 Å². The van der Waals surface area contributed by atoms with Crippen LogP contribution >= 0.6 is 0 Å². The summed E-state index contributed by atoms with van der Waals surface area (Å²) in [5, 5.41) is 0.